The van der Waals surface area contributed by atoms with E-state index in [1.807, 2.05) is 26.1 Å². The van der Waals surface area contributed by atoms with Gasteiger partial charge < -0.3 is 5.32 Å². The Morgan fingerprint density at radius 2 is 2.06 bits per heavy atom. The molecule has 1 aromatic heterocycles. The summed E-state index contributed by atoms with van der Waals surface area (Å²) < 4.78 is 13.9. The Hall–Kier alpha value is -0.900. The van der Waals surface area contributed by atoms with Gasteiger partial charge in [-0.3, -0.25) is 0 Å². The molecule has 0 bridgehead atoms. The smallest absolute Gasteiger partial charge is 0.129 e. The van der Waals surface area contributed by atoms with Crippen molar-refractivity contribution >= 4 is 22.9 Å². The molecule has 1 heterocycles. The Morgan fingerprint density at radius 3 is 2.59 bits per heavy atom. The van der Waals surface area contributed by atoms with Crippen LogP contribution in [0.4, 0.5) is 4.39 Å². The summed E-state index contributed by atoms with van der Waals surface area (Å²) in [5.41, 5.74) is 0.513. The number of aryl methyl sites for hydroxylation is 1. The van der Waals surface area contributed by atoms with Crippen LogP contribution in [0.15, 0.2) is 30.3 Å². The first-order chi connectivity index (χ1) is 8.13. The van der Waals surface area contributed by atoms with Crippen LogP contribution in [0.1, 0.15) is 21.4 Å². The van der Waals surface area contributed by atoms with Crippen molar-refractivity contribution in [3.63, 3.8) is 0 Å². The van der Waals surface area contributed by atoms with Crippen LogP contribution >= 0.6 is 22.9 Å². The number of rotatable bonds is 3. The monoisotopic (exact) mass is 269 g/mol. The van der Waals surface area contributed by atoms with Crippen LogP contribution in [-0.4, -0.2) is 7.05 Å². The van der Waals surface area contributed by atoms with Crippen LogP contribution in [0.3, 0.4) is 0 Å². The van der Waals surface area contributed by atoms with Crippen molar-refractivity contribution in [1.82, 2.24) is 5.32 Å². The number of halogens is 2. The van der Waals surface area contributed by atoms with Crippen molar-refractivity contribution in [1.29, 1.82) is 0 Å². The van der Waals surface area contributed by atoms with E-state index in [1.165, 1.54) is 10.9 Å². The molecule has 1 atom stereocenters. The van der Waals surface area contributed by atoms with Crippen molar-refractivity contribution < 1.29 is 4.39 Å². The second-order valence-electron chi connectivity index (χ2n) is 3.81. The number of hydrogen-bond acceptors (Lipinski definition) is 2. The second-order valence-corrected chi connectivity index (χ2v) is 5.53. The lowest BCUT2D eigenvalue weighted by Gasteiger charge is -2.17. The molecule has 4 heteroatoms. The lowest BCUT2D eigenvalue weighted by Crippen LogP contribution is -2.18. The second kappa shape index (κ2) is 5.17. The molecule has 2 aromatic rings. The van der Waals surface area contributed by atoms with E-state index >= 15 is 0 Å². The third kappa shape index (κ3) is 2.51. The molecule has 1 aromatic carbocycles. The minimum atomic E-state index is -0.275. The van der Waals surface area contributed by atoms with E-state index < -0.39 is 0 Å². The number of benzene rings is 1. The van der Waals surface area contributed by atoms with E-state index in [4.69, 9.17) is 11.6 Å². The van der Waals surface area contributed by atoms with Crippen LogP contribution in [0.25, 0.3) is 0 Å². The van der Waals surface area contributed by atoms with E-state index in [-0.39, 0.29) is 11.9 Å². The summed E-state index contributed by atoms with van der Waals surface area (Å²) in [6.45, 7) is 2.03. The zero-order valence-corrected chi connectivity index (χ0v) is 11.2. The summed E-state index contributed by atoms with van der Waals surface area (Å²) in [6.07, 6.45) is 0. The highest BCUT2D eigenvalue weighted by Crippen LogP contribution is 2.33. The fourth-order valence-corrected chi connectivity index (χ4v) is 3.09. The van der Waals surface area contributed by atoms with Crippen molar-refractivity contribution in [2.45, 2.75) is 13.0 Å². The third-order valence-electron chi connectivity index (χ3n) is 2.62. The number of hydrogen-bond donors (Lipinski definition) is 1. The van der Waals surface area contributed by atoms with Crippen LogP contribution < -0.4 is 5.32 Å². The highest BCUT2D eigenvalue weighted by atomic mass is 35.5. The molecule has 0 aliphatic rings. The van der Waals surface area contributed by atoms with Gasteiger partial charge in [0.15, 0.2) is 0 Å². The molecule has 0 saturated heterocycles. The van der Waals surface area contributed by atoms with Gasteiger partial charge in [0, 0.05) is 20.3 Å². The molecule has 1 unspecified atom stereocenters. The van der Waals surface area contributed by atoms with Crippen molar-refractivity contribution in [3.8, 4) is 0 Å². The summed E-state index contributed by atoms with van der Waals surface area (Å²) in [6, 6.07) is 8.61. The fourth-order valence-electron chi connectivity index (χ4n) is 1.82. The number of nitrogens with one attached hydrogen (secondary N) is 1. The fraction of sp³-hybridized carbons (Fsp3) is 0.231. The molecule has 0 radical (unpaired) electrons. The normalized spacial score (nSPS) is 12.7. The highest BCUT2D eigenvalue weighted by Gasteiger charge is 2.20. The standard InChI is InChI=1S/C13H13ClFNS/c1-8-6-7-11(17-8)13(16-2)12-9(14)4-3-5-10(12)15/h3-7,13,16H,1-2H3. The van der Waals surface area contributed by atoms with E-state index in [9.17, 15) is 4.39 Å². The molecule has 1 nitrogen and oxygen atoms in total. The summed E-state index contributed by atoms with van der Waals surface area (Å²) in [5.74, 6) is -0.275. The SMILES string of the molecule is CNC(c1ccc(C)s1)c1c(F)cccc1Cl. The zero-order valence-electron chi connectivity index (χ0n) is 9.63. The maximum absolute atomic E-state index is 13.9. The average molecular weight is 270 g/mol. The largest absolute Gasteiger partial charge is 0.309 e. The topological polar surface area (TPSA) is 12.0 Å². The summed E-state index contributed by atoms with van der Waals surface area (Å²) in [4.78, 5) is 2.27. The number of thiophene rings is 1. The predicted molar refractivity (Wildman–Crippen MR) is 71.4 cm³/mol. The quantitative estimate of drug-likeness (QED) is 0.882. The first-order valence-corrected chi connectivity index (χ1v) is 6.50. The average Bonchev–Trinajstić information content (AvgIpc) is 2.70. The summed E-state index contributed by atoms with van der Waals surface area (Å²) >= 11 is 7.73. The van der Waals surface area contributed by atoms with Gasteiger partial charge in [-0.05, 0) is 38.2 Å². The molecule has 0 saturated carbocycles. The first kappa shape index (κ1) is 12.6. The molecule has 1 N–H and O–H groups in total. The van der Waals surface area contributed by atoms with Crippen molar-refractivity contribution in [3.05, 3.63) is 56.5 Å². The Labute approximate surface area is 109 Å². The van der Waals surface area contributed by atoms with Crippen LogP contribution in [0, 0.1) is 12.7 Å². The van der Waals surface area contributed by atoms with Gasteiger partial charge in [0.1, 0.15) is 5.82 Å². The van der Waals surface area contributed by atoms with Gasteiger partial charge in [-0.1, -0.05) is 17.7 Å². The first-order valence-electron chi connectivity index (χ1n) is 5.31. The Balaban J connectivity index is 2.49. The third-order valence-corrected chi connectivity index (χ3v) is 4.02. The Morgan fingerprint density at radius 1 is 1.29 bits per heavy atom. The van der Waals surface area contributed by atoms with Gasteiger partial charge in [0.25, 0.3) is 0 Å². The molecule has 0 spiro atoms. The maximum atomic E-state index is 13.9. The Kier molecular flexibility index (Phi) is 3.82. The van der Waals surface area contributed by atoms with Gasteiger partial charge >= 0.3 is 0 Å². The molecular weight excluding hydrogens is 257 g/mol. The van der Waals surface area contributed by atoms with E-state index in [0.29, 0.717) is 10.6 Å². The molecule has 17 heavy (non-hydrogen) atoms. The van der Waals surface area contributed by atoms with E-state index in [1.54, 1.807) is 23.5 Å². The lowest BCUT2D eigenvalue weighted by atomic mass is 10.0. The molecule has 2 rings (SSSR count). The minimum absolute atomic E-state index is 0.192. The van der Waals surface area contributed by atoms with Gasteiger partial charge in [-0.15, -0.1) is 11.3 Å². The van der Waals surface area contributed by atoms with Crippen molar-refractivity contribution in [2.24, 2.45) is 0 Å². The maximum Gasteiger partial charge on any atom is 0.129 e. The summed E-state index contributed by atoms with van der Waals surface area (Å²) in [7, 11) is 1.81. The molecule has 0 amide bonds. The molecule has 0 aliphatic carbocycles. The van der Waals surface area contributed by atoms with E-state index in [0.717, 1.165) is 4.88 Å². The zero-order chi connectivity index (χ0) is 12.4. The van der Waals surface area contributed by atoms with Crippen molar-refractivity contribution in [2.75, 3.05) is 7.05 Å². The lowest BCUT2D eigenvalue weighted by molar-refractivity contribution is 0.579. The molecule has 90 valence electrons. The van der Waals surface area contributed by atoms with E-state index in [2.05, 4.69) is 5.32 Å². The van der Waals surface area contributed by atoms with Gasteiger partial charge in [0.2, 0.25) is 0 Å². The molecular formula is C13H13ClFNS. The summed E-state index contributed by atoms with van der Waals surface area (Å²) in [5, 5.41) is 3.57. The Bertz CT molecular complexity index is 504. The molecule has 0 fully saturated rings. The van der Waals surface area contributed by atoms with Crippen LogP contribution in [0.2, 0.25) is 5.02 Å². The highest BCUT2D eigenvalue weighted by molar-refractivity contribution is 7.12. The van der Waals surface area contributed by atoms with Gasteiger partial charge in [0.05, 0.1) is 6.04 Å². The minimum Gasteiger partial charge on any atom is -0.309 e. The van der Waals surface area contributed by atoms with Gasteiger partial charge in [-0.25, -0.2) is 4.39 Å². The van der Waals surface area contributed by atoms with Crippen LogP contribution in [0.5, 0.6) is 0 Å². The molecule has 0 aliphatic heterocycles. The van der Waals surface area contributed by atoms with Gasteiger partial charge in [-0.2, -0.15) is 0 Å². The predicted octanol–water partition coefficient (Wildman–Crippen LogP) is 4.16. The van der Waals surface area contributed by atoms with Crippen LogP contribution in [-0.2, 0) is 0 Å².